The summed E-state index contributed by atoms with van der Waals surface area (Å²) in [5.41, 5.74) is 0.394. The number of halogens is 2. The molecule has 1 rings (SSSR count). The van der Waals surface area contributed by atoms with Gasteiger partial charge in [-0.2, -0.15) is 0 Å². The van der Waals surface area contributed by atoms with Gasteiger partial charge in [0.1, 0.15) is 4.34 Å². The van der Waals surface area contributed by atoms with E-state index in [0.29, 0.717) is 20.7 Å². The molecule has 17 heavy (non-hydrogen) atoms. The average molecular weight is 296 g/mol. The predicted molar refractivity (Wildman–Crippen MR) is 72.1 cm³/mol. The van der Waals surface area contributed by atoms with Crippen LogP contribution in [0.1, 0.15) is 30.6 Å². The normalized spacial score (nSPS) is 12.8. The van der Waals surface area contributed by atoms with Crippen LogP contribution >= 0.6 is 34.5 Å². The lowest BCUT2D eigenvalue weighted by Gasteiger charge is -2.21. The van der Waals surface area contributed by atoms with Gasteiger partial charge in [0, 0.05) is 12.6 Å². The third-order valence-corrected chi connectivity index (χ3v) is 3.95. The van der Waals surface area contributed by atoms with Crippen LogP contribution in [0.4, 0.5) is 0 Å². The molecule has 0 bridgehead atoms. The molecule has 1 atom stereocenters. The van der Waals surface area contributed by atoms with E-state index in [1.54, 1.807) is 6.07 Å². The molecule has 0 radical (unpaired) electrons. The van der Waals surface area contributed by atoms with Crippen molar-refractivity contribution in [2.24, 2.45) is 5.92 Å². The summed E-state index contributed by atoms with van der Waals surface area (Å²) in [6.07, 6.45) is 0.527. The maximum atomic E-state index is 11.9. The number of aliphatic hydroxyl groups is 1. The van der Waals surface area contributed by atoms with Crippen molar-refractivity contribution in [2.45, 2.75) is 26.3 Å². The van der Waals surface area contributed by atoms with Crippen molar-refractivity contribution in [2.75, 3.05) is 6.61 Å². The molecule has 1 aromatic rings. The third kappa shape index (κ3) is 4.14. The first-order valence-corrected chi connectivity index (χ1v) is 6.89. The highest BCUT2D eigenvalue weighted by Crippen LogP contribution is 2.31. The SMILES string of the molecule is CC(C)C(CCO)NC(=O)c1cc(Cl)sc1Cl. The summed E-state index contributed by atoms with van der Waals surface area (Å²) in [5, 5.41) is 11.8. The van der Waals surface area contributed by atoms with Gasteiger partial charge in [-0.1, -0.05) is 37.0 Å². The van der Waals surface area contributed by atoms with Crippen LogP contribution in [0, 0.1) is 5.92 Å². The first-order valence-electron chi connectivity index (χ1n) is 5.32. The van der Waals surface area contributed by atoms with Crippen LogP contribution in [0.5, 0.6) is 0 Å². The molecule has 0 aromatic carbocycles. The molecule has 0 aliphatic heterocycles. The predicted octanol–water partition coefficient (Wildman–Crippen LogP) is 3.19. The lowest BCUT2D eigenvalue weighted by atomic mass is 10.0. The Bertz CT molecular complexity index is 393. The van der Waals surface area contributed by atoms with E-state index in [9.17, 15) is 4.79 Å². The topological polar surface area (TPSA) is 49.3 Å². The summed E-state index contributed by atoms with van der Waals surface area (Å²) in [6.45, 7) is 4.02. The van der Waals surface area contributed by atoms with Gasteiger partial charge in [0.05, 0.1) is 9.90 Å². The fourth-order valence-electron chi connectivity index (χ4n) is 1.45. The summed E-state index contributed by atoms with van der Waals surface area (Å²) in [7, 11) is 0. The van der Waals surface area contributed by atoms with Crippen molar-refractivity contribution in [3.05, 3.63) is 20.3 Å². The van der Waals surface area contributed by atoms with Crippen molar-refractivity contribution in [3.8, 4) is 0 Å². The van der Waals surface area contributed by atoms with E-state index < -0.39 is 0 Å². The number of rotatable bonds is 5. The molecule has 6 heteroatoms. The van der Waals surface area contributed by atoms with Gasteiger partial charge in [0.25, 0.3) is 5.91 Å². The Morgan fingerprint density at radius 1 is 1.53 bits per heavy atom. The molecule has 0 aliphatic rings. The van der Waals surface area contributed by atoms with Crippen LogP contribution in [0.2, 0.25) is 8.67 Å². The number of hydrogen-bond donors (Lipinski definition) is 2. The van der Waals surface area contributed by atoms with Crippen LogP contribution in [0.15, 0.2) is 6.07 Å². The molecule has 1 unspecified atom stereocenters. The van der Waals surface area contributed by atoms with Crippen LogP contribution in [-0.2, 0) is 0 Å². The number of amides is 1. The Morgan fingerprint density at radius 2 is 2.18 bits per heavy atom. The first kappa shape index (κ1) is 14.8. The minimum absolute atomic E-state index is 0.0429. The highest BCUT2D eigenvalue weighted by Gasteiger charge is 2.19. The quantitative estimate of drug-likeness (QED) is 0.876. The zero-order chi connectivity index (χ0) is 13.0. The van der Waals surface area contributed by atoms with Crippen LogP contribution in [0.3, 0.4) is 0 Å². The van der Waals surface area contributed by atoms with Crippen LogP contribution in [0.25, 0.3) is 0 Å². The Labute approximate surface area is 115 Å². The van der Waals surface area contributed by atoms with Gasteiger partial charge < -0.3 is 10.4 Å². The van der Waals surface area contributed by atoms with Gasteiger partial charge in [-0.3, -0.25) is 4.79 Å². The van der Waals surface area contributed by atoms with E-state index in [1.807, 2.05) is 13.8 Å². The maximum Gasteiger partial charge on any atom is 0.253 e. The Balaban J connectivity index is 2.73. The lowest BCUT2D eigenvalue weighted by molar-refractivity contribution is 0.0917. The van der Waals surface area contributed by atoms with Gasteiger partial charge in [-0.05, 0) is 18.4 Å². The fourth-order valence-corrected chi connectivity index (χ4v) is 2.91. The molecule has 0 fully saturated rings. The van der Waals surface area contributed by atoms with Crippen LogP contribution in [-0.4, -0.2) is 23.7 Å². The van der Waals surface area contributed by atoms with E-state index in [4.69, 9.17) is 28.3 Å². The Morgan fingerprint density at radius 3 is 2.59 bits per heavy atom. The van der Waals surface area contributed by atoms with E-state index in [1.165, 1.54) is 11.3 Å². The summed E-state index contributed by atoms with van der Waals surface area (Å²) in [6, 6.07) is 1.49. The molecular weight excluding hydrogens is 281 g/mol. The Hall–Kier alpha value is -0.290. The number of aliphatic hydroxyl groups excluding tert-OH is 1. The maximum absolute atomic E-state index is 11.9. The van der Waals surface area contributed by atoms with Crippen molar-refractivity contribution in [1.82, 2.24) is 5.32 Å². The molecule has 1 amide bonds. The van der Waals surface area contributed by atoms with E-state index in [2.05, 4.69) is 5.32 Å². The smallest absolute Gasteiger partial charge is 0.253 e. The Kier molecular flexibility index (Phi) is 5.73. The molecule has 0 spiro atoms. The number of carbonyl (C=O) groups is 1. The summed E-state index contributed by atoms with van der Waals surface area (Å²) in [5.74, 6) is 0.00397. The monoisotopic (exact) mass is 295 g/mol. The summed E-state index contributed by atoms with van der Waals surface area (Å²) >= 11 is 12.9. The zero-order valence-corrected chi connectivity index (χ0v) is 12.0. The zero-order valence-electron chi connectivity index (χ0n) is 9.67. The molecule has 0 aliphatic carbocycles. The van der Waals surface area contributed by atoms with Crippen molar-refractivity contribution < 1.29 is 9.90 Å². The van der Waals surface area contributed by atoms with Crippen molar-refractivity contribution in [3.63, 3.8) is 0 Å². The van der Waals surface area contributed by atoms with Crippen molar-refractivity contribution in [1.29, 1.82) is 0 Å². The minimum atomic E-state index is -0.245. The second-order valence-electron chi connectivity index (χ2n) is 4.07. The van der Waals surface area contributed by atoms with Gasteiger partial charge in [0.15, 0.2) is 0 Å². The third-order valence-electron chi connectivity index (χ3n) is 2.46. The molecule has 0 saturated carbocycles. The number of hydrogen-bond acceptors (Lipinski definition) is 3. The summed E-state index contributed by atoms with van der Waals surface area (Å²) in [4.78, 5) is 11.9. The van der Waals surface area contributed by atoms with Crippen LogP contribution < -0.4 is 5.32 Å². The highest BCUT2D eigenvalue weighted by atomic mass is 35.5. The number of carbonyl (C=O) groups excluding carboxylic acids is 1. The number of thiophene rings is 1. The molecule has 2 N–H and O–H groups in total. The minimum Gasteiger partial charge on any atom is -0.396 e. The lowest BCUT2D eigenvalue weighted by Crippen LogP contribution is -2.39. The second-order valence-corrected chi connectivity index (χ2v) is 6.36. The van der Waals surface area contributed by atoms with E-state index in [-0.39, 0.29) is 24.5 Å². The van der Waals surface area contributed by atoms with Gasteiger partial charge in [-0.15, -0.1) is 11.3 Å². The molecular formula is C11H15Cl2NO2S. The standard InChI is InChI=1S/C11H15Cl2NO2S/c1-6(2)8(3-4-15)14-11(16)7-5-9(12)17-10(7)13/h5-6,8,15H,3-4H2,1-2H3,(H,14,16). The second kappa shape index (κ2) is 6.59. The molecule has 0 saturated heterocycles. The van der Waals surface area contributed by atoms with E-state index in [0.717, 1.165) is 0 Å². The van der Waals surface area contributed by atoms with Gasteiger partial charge in [-0.25, -0.2) is 0 Å². The number of nitrogens with one attached hydrogen (secondary N) is 1. The molecule has 1 heterocycles. The molecule has 1 aromatic heterocycles. The largest absolute Gasteiger partial charge is 0.396 e. The highest BCUT2D eigenvalue weighted by molar-refractivity contribution is 7.20. The fraction of sp³-hybridized carbons (Fsp3) is 0.545. The summed E-state index contributed by atoms with van der Waals surface area (Å²) < 4.78 is 0.877. The first-order chi connectivity index (χ1) is 7.95. The average Bonchev–Trinajstić information content (AvgIpc) is 2.57. The molecule has 96 valence electrons. The van der Waals surface area contributed by atoms with Gasteiger partial charge in [0.2, 0.25) is 0 Å². The van der Waals surface area contributed by atoms with Crippen molar-refractivity contribution >= 4 is 40.4 Å². The van der Waals surface area contributed by atoms with E-state index >= 15 is 0 Å². The van der Waals surface area contributed by atoms with Gasteiger partial charge >= 0.3 is 0 Å². The molecule has 3 nitrogen and oxygen atoms in total.